The van der Waals surface area contributed by atoms with Gasteiger partial charge in [-0.05, 0) is 39.5 Å². The van der Waals surface area contributed by atoms with E-state index in [9.17, 15) is 14.0 Å². The van der Waals surface area contributed by atoms with Crippen LogP contribution >= 0.6 is 27.3 Å². The number of hydrogen-bond acceptors (Lipinski definition) is 3. The number of carbonyl (C=O) groups is 2. The highest BCUT2D eigenvalue weighted by atomic mass is 79.9. The third kappa shape index (κ3) is 2.82. The minimum atomic E-state index is -1.13. The summed E-state index contributed by atoms with van der Waals surface area (Å²) in [5.41, 5.74) is 0.107. The molecule has 0 bridgehead atoms. The summed E-state index contributed by atoms with van der Waals surface area (Å²) in [7, 11) is 0. The monoisotopic (exact) mass is 343 g/mol. The van der Waals surface area contributed by atoms with E-state index in [4.69, 9.17) is 5.11 Å². The van der Waals surface area contributed by atoms with Gasteiger partial charge in [-0.25, -0.2) is 9.18 Å². The standard InChI is InChI=1S/C12H7BrFNO3S/c13-9-6(2-1-3-8(9)14)10(16)15-11-7(12(17)18)4-5-19-11/h1-5H,(H,15,16)(H,17,18). The lowest BCUT2D eigenvalue weighted by Gasteiger charge is -2.06. The Balaban J connectivity index is 2.29. The molecule has 0 spiro atoms. The minimum Gasteiger partial charge on any atom is -0.478 e. The van der Waals surface area contributed by atoms with Crippen molar-refractivity contribution in [1.82, 2.24) is 0 Å². The van der Waals surface area contributed by atoms with Crippen LogP contribution in [0, 0.1) is 5.82 Å². The molecule has 0 aliphatic carbocycles. The molecule has 0 unspecified atom stereocenters. The summed E-state index contributed by atoms with van der Waals surface area (Å²) < 4.78 is 13.3. The molecular weight excluding hydrogens is 337 g/mol. The molecule has 1 aromatic carbocycles. The lowest BCUT2D eigenvalue weighted by atomic mass is 10.2. The molecule has 0 fully saturated rings. The molecular formula is C12H7BrFNO3S. The van der Waals surface area contributed by atoms with Crippen LogP contribution in [0.25, 0.3) is 0 Å². The van der Waals surface area contributed by atoms with Crippen LogP contribution in [0.3, 0.4) is 0 Å². The summed E-state index contributed by atoms with van der Waals surface area (Å²) in [5.74, 6) is -2.26. The van der Waals surface area contributed by atoms with E-state index in [1.54, 1.807) is 5.38 Å². The number of carbonyl (C=O) groups excluding carboxylic acids is 1. The van der Waals surface area contributed by atoms with Gasteiger partial charge in [0.15, 0.2) is 0 Å². The van der Waals surface area contributed by atoms with Gasteiger partial charge >= 0.3 is 5.97 Å². The zero-order valence-electron chi connectivity index (χ0n) is 9.31. The number of hydrogen-bond donors (Lipinski definition) is 2. The number of carboxylic acids is 1. The fourth-order valence-corrected chi connectivity index (χ4v) is 2.64. The molecule has 0 aliphatic rings. The first-order valence-electron chi connectivity index (χ1n) is 5.07. The van der Waals surface area contributed by atoms with E-state index in [1.807, 2.05) is 0 Å². The zero-order valence-corrected chi connectivity index (χ0v) is 11.7. The molecule has 98 valence electrons. The van der Waals surface area contributed by atoms with Gasteiger partial charge in [0.05, 0.1) is 15.6 Å². The van der Waals surface area contributed by atoms with Gasteiger partial charge in [-0.15, -0.1) is 11.3 Å². The third-order valence-electron chi connectivity index (χ3n) is 2.32. The number of rotatable bonds is 3. The van der Waals surface area contributed by atoms with Crippen LogP contribution in [0.2, 0.25) is 0 Å². The summed E-state index contributed by atoms with van der Waals surface area (Å²) in [6, 6.07) is 5.45. The smallest absolute Gasteiger partial charge is 0.338 e. The molecule has 0 atom stereocenters. The predicted octanol–water partition coefficient (Wildman–Crippen LogP) is 3.60. The highest BCUT2D eigenvalue weighted by molar-refractivity contribution is 9.10. The van der Waals surface area contributed by atoms with Crippen LogP contribution in [-0.2, 0) is 0 Å². The van der Waals surface area contributed by atoms with E-state index < -0.39 is 17.7 Å². The summed E-state index contributed by atoms with van der Waals surface area (Å²) in [6.07, 6.45) is 0. The first-order valence-corrected chi connectivity index (χ1v) is 6.74. The second-order valence-electron chi connectivity index (χ2n) is 3.52. The molecule has 0 aliphatic heterocycles. The topological polar surface area (TPSA) is 66.4 Å². The lowest BCUT2D eigenvalue weighted by Crippen LogP contribution is -2.14. The van der Waals surface area contributed by atoms with Crippen LogP contribution in [0.1, 0.15) is 20.7 Å². The van der Waals surface area contributed by atoms with E-state index in [0.717, 1.165) is 11.3 Å². The first kappa shape index (κ1) is 13.7. The van der Waals surface area contributed by atoms with Crippen LogP contribution in [0.5, 0.6) is 0 Å². The number of amides is 1. The summed E-state index contributed by atoms with van der Waals surface area (Å²) in [6.45, 7) is 0. The van der Waals surface area contributed by atoms with Crippen molar-refractivity contribution in [3.63, 3.8) is 0 Å². The Hall–Kier alpha value is -1.73. The maximum Gasteiger partial charge on any atom is 0.338 e. The molecule has 1 amide bonds. The summed E-state index contributed by atoms with van der Waals surface area (Å²) in [4.78, 5) is 22.9. The van der Waals surface area contributed by atoms with E-state index in [2.05, 4.69) is 21.2 Å². The van der Waals surface area contributed by atoms with Gasteiger partial charge in [0.1, 0.15) is 10.8 Å². The van der Waals surface area contributed by atoms with Crippen molar-refractivity contribution < 1.29 is 19.1 Å². The Morgan fingerprint density at radius 2 is 2.00 bits per heavy atom. The van der Waals surface area contributed by atoms with Gasteiger partial charge in [0.2, 0.25) is 0 Å². The average Bonchev–Trinajstić information content (AvgIpc) is 2.80. The van der Waals surface area contributed by atoms with Crippen molar-refractivity contribution in [2.45, 2.75) is 0 Å². The Bertz CT molecular complexity index is 656. The second-order valence-corrected chi connectivity index (χ2v) is 5.23. The number of aromatic carboxylic acids is 1. The van der Waals surface area contributed by atoms with E-state index in [0.29, 0.717) is 0 Å². The van der Waals surface area contributed by atoms with Crippen molar-refractivity contribution in [1.29, 1.82) is 0 Å². The fraction of sp³-hybridized carbons (Fsp3) is 0. The first-order chi connectivity index (χ1) is 9.00. The van der Waals surface area contributed by atoms with E-state index in [1.165, 1.54) is 24.3 Å². The molecule has 4 nitrogen and oxygen atoms in total. The number of halogens is 2. The second kappa shape index (κ2) is 5.50. The Kier molecular flexibility index (Phi) is 3.96. The third-order valence-corrected chi connectivity index (χ3v) is 3.95. The number of thiophene rings is 1. The molecule has 2 N–H and O–H groups in total. The van der Waals surface area contributed by atoms with Crippen LogP contribution < -0.4 is 5.32 Å². The van der Waals surface area contributed by atoms with Gasteiger partial charge in [-0.2, -0.15) is 0 Å². The quantitative estimate of drug-likeness (QED) is 0.894. The Labute approximate surface area is 120 Å². The number of benzene rings is 1. The molecule has 0 saturated heterocycles. The fourth-order valence-electron chi connectivity index (χ4n) is 1.42. The molecule has 1 heterocycles. The van der Waals surface area contributed by atoms with Crippen molar-refractivity contribution in [3.8, 4) is 0 Å². The van der Waals surface area contributed by atoms with Crippen molar-refractivity contribution >= 4 is 44.1 Å². The van der Waals surface area contributed by atoms with Crippen LogP contribution in [0.15, 0.2) is 34.1 Å². The maximum atomic E-state index is 13.3. The van der Waals surface area contributed by atoms with Gasteiger partial charge < -0.3 is 10.4 Å². The normalized spacial score (nSPS) is 10.2. The molecule has 2 rings (SSSR count). The molecule has 0 radical (unpaired) electrons. The molecule has 1 aromatic heterocycles. The van der Waals surface area contributed by atoms with Crippen molar-refractivity contribution in [2.75, 3.05) is 5.32 Å². The molecule has 7 heteroatoms. The highest BCUT2D eigenvalue weighted by Gasteiger charge is 2.17. The van der Waals surface area contributed by atoms with E-state index in [-0.39, 0.29) is 20.6 Å². The zero-order chi connectivity index (χ0) is 14.0. The van der Waals surface area contributed by atoms with Gasteiger partial charge in [-0.3, -0.25) is 4.79 Å². The molecule has 19 heavy (non-hydrogen) atoms. The molecule has 0 saturated carbocycles. The van der Waals surface area contributed by atoms with Crippen LogP contribution in [0.4, 0.5) is 9.39 Å². The summed E-state index contributed by atoms with van der Waals surface area (Å²) in [5, 5.41) is 13.2. The highest BCUT2D eigenvalue weighted by Crippen LogP contribution is 2.26. The number of anilines is 1. The number of nitrogens with one attached hydrogen (secondary N) is 1. The SMILES string of the molecule is O=C(O)c1ccsc1NC(=O)c1cccc(F)c1Br. The minimum absolute atomic E-state index is 0.00544. The number of carboxylic acid groups (broad SMARTS) is 1. The predicted molar refractivity (Wildman–Crippen MR) is 73.3 cm³/mol. The van der Waals surface area contributed by atoms with Gasteiger partial charge in [-0.1, -0.05) is 6.07 Å². The largest absolute Gasteiger partial charge is 0.478 e. The van der Waals surface area contributed by atoms with E-state index >= 15 is 0 Å². The van der Waals surface area contributed by atoms with Crippen LogP contribution in [-0.4, -0.2) is 17.0 Å². The Morgan fingerprint density at radius 1 is 1.26 bits per heavy atom. The van der Waals surface area contributed by atoms with Gasteiger partial charge in [0.25, 0.3) is 5.91 Å². The Morgan fingerprint density at radius 3 is 2.68 bits per heavy atom. The van der Waals surface area contributed by atoms with Gasteiger partial charge in [0, 0.05) is 0 Å². The van der Waals surface area contributed by atoms with Crippen molar-refractivity contribution in [2.24, 2.45) is 0 Å². The molecule has 2 aromatic rings. The maximum absolute atomic E-state index is 13.3. The lowest BCUT2D eigenvalue weighted by molar-refractivity contribution is 0.0698. The van der Waals surface area contributed by atoms with Crippen molar-refractivity contribution in [3.05, 3.63) is 51.1 Å². The average molecular weight is 344 g/mol. The summed E-state index contributed by atoms with van der Waals surface area (Å²) >= 11 is 4.07.